The molecule has 0 bridgehead atoms. The van der Waals surface area contributed by atoms with E-state index in [0.717, 1.165) is 33.3 Å². The molecule has 2 aromatic rings. The van der Waals surface area contributed by atoms with Gasteiger partial charge >= 0.3 is 6.03 Å². The molecule has 1 heterocycles. The average Bonchev–Trinajstić information content (AvgIpc) is 2.71. The normalized spacial score (nSPS) is 16.9. The smallest absolute Gasteiger partial charge is 0.337 e. The van der Waals surface area contributed by atoms with Gasteiger partial charge in [-0.15, -0.1) is 0 Å². The number of nitrogens with zero attached hydrogens (tertiary/aromatic N) is 2. The van der Waals surface area contributed by atoms with E-state index in [4.69, 9.17) is 11.6 Å². The Bertz CT molecular complexity index is 804. The second-order valence-electron chi connectivity index (χ2n) is 5.71. The van der Waals surface area contributed by atoms with E-state index in [1.807, 2.05) is 43.3 Å². The maximum Gasteiger partial charge on any atom is 0.337 e. The Morgan fingerprint density at radius 3 is 2.67 bits per heavy atom. The number of fused-ring (bicyclic) bond motifs is 1. The minimum atomic E-state index is -0.221. The first kappa shape index (κ1) is 17.0. The molecule has 2 aromatic carbocycles. The van der Waals surface area contributed by atoms with Gasteiger partial charge in [0.1, 0.15) is 0 Å². The second-order valence-corrected chi connectivity index (χ2v) is 7.06. The Kier molecular flexibility index (Phi) is 4.92. The van der Waals surface area contributed by atoms with Gasteiger partial charge in [0.05, 0.1) is 11.8 Å². The first-order chi connectivity index (χ1) is 11.5. The van der Waals surface area contributed by atoms with Crippen LogP contribution in [0.2, 0.25) is 5.02 Å². The molecule has 1 atom stereocenters. The summed E-state index contributed by atoms with van der Waals surface area (Å²) < 4.78 is 0.976. The van der Waals surface area contributed by atoms with Gasteiger partial charge in [0.15, 0.2) is 0 Å². The third-order valence-corrected chi connectivity index (χ3v) is 4.75. The number of carbonyl (C=O) groups excluding carboxylic acids is 1. The van der Waals surface area contributed by atoms with Crippen LogP contribution in [0, 0.1) is 0 Å². The second kappa shape index (κ2) is 6.95. The lowest BCUT2D eigenvalue weighted by Gasteiger charge is -2.22. The number of halogens is 2. The van der Waals surface area contributed by atoms with Crippen molar-refractivity contribution in [3.63, 3.8) is 0 Å². The van der Waals surface area contributed by atoms with E-state index in [9.17, 15) is 4.79 Å². The highest BCUT2D eigenvalue weighted by molar-refractivity contribution is 9.10. The van der Waals surface area contributed by atoms with E-state index in [1.54, 1.807) is 7.05 Å². The number of rotatable bonds is 1. The fraction of sp³-hybridized carbons (Fsp3) is 0.222. The molecule has 1 N–H and O–H groups in total. The SMILES string of the molecule is CNC(=O)N1N=C(c2ccc(Cl)cc2)c2cc(Br)ccc2C[C@@H]1C. The van der Waals surface area contributed by atoms with Crippen molar-refractivity contribution >= 4 is 39.3 Å². The Hall–Kier alpha value is -1.85. The summed E-state index contributed by atoms with van der Waals surface area (Å²) in [6, 6.07) is 13.4. The average molecular weight is 407 g/mol. The van der Waals surface area contributed by atoms with Crippen LogP contribution in [0.4, 0.5) is 4.79 Å². The van der Waals surface area contributed by atoms with Gasteiger partial charge in [0.2, 0.25) is 0 Å². The molecule has 0 aromatic heterocycles. The molecule has 0 saturated carbocycles. The molecule has 0 radical (unpaired) electrons. The lowest BCUT2D eigenvalue weighted by Crippen LogP contribution is -2.41. The standard InChI is InChI=1S/C18H17BrClN3O/c1-11-9-13-3-6-14(19)10-16(13)17(22-23(11)18(24)21-2)12-4-7-15(20)8-5-12/h3-8,10-11H,9H2,1-2H3,(H,21,24)/t11-/m0/s1. The number of benzene rings is 2. The van der Waals surface area contributed by atoms with Crippen LogP contribution in [0.25, 0.3) is 0 Å². The lowest BCUT2D eigenvalue weighted by atomic mass is 9.95. The van der Waals surface area contributed by atoms with Crippen molar-refractivity contribution < 1.29 is 4.79 Å². The maximum absolute atomic E-state index is 12.3. The summed E-state index contributed by atoms with van der Waals surface area (Å²) >= 11 is 9.54. The predicted molar refractivity (Wildman–Crippen MR) is 101 cm³/mol. The van der Waals surface area contributed by atoms with Crippen LogP contribution >= 0.6 is 27.5 Å². The van der Waals surface area contributed by atoms with Gasteiger partial charge in [-0.3, -0.25) is 0 Å². The van der Waals surface area contributed by atoms with E-state index < -0.39 is 0 Å². The molecule has 0 fully saturated rings. The summed E-state index contributed by atoms with van der Waals surface area (Å²) in [5.74, 6) is 0. The molecule has 0 unspecified atom stereocenters. The number of hydrogen-bond donors (Lipinski definition) is 1. The quantitative estimate of drug-likeness (QED) is 0.747. The van der Waals surface area contributed by atoms with Gasteiger partial charge in [-0.2, -0.15) is 5.10 Å². The van der Waals surface area contributed by atoms with Gasteiger partial charge < -0.3 is 5.32 Å². The van der Waals surface area contributed by atoms with Crippen LogP contribution in [-0.4, -0.2) is 29.8 Å². The zero-order valence-corrected chi connectivity index (χ0v) is 15.7. The Labute approximate surface area is 154 Å². The first-order valence-electron chi connectivity index (χ1n) is 7.64. The van der Waals surface area contributed by atoms with Crippen molar-refractivity contribution in [2.75, 3.05) is 7.05 Å². The van der Waals surface area contributed by atoms with Gasteiger partial charge in [0.25, 0.3) is 0 Å². The number of amides is 2. The summed E-state index contributed by atoms with van der Waals surface area (Å²) in [5.41, 5.74) is 3.86. The highest BCUT2D eigenvalue weighted by Crippen LogP contribution is 2.27. The highest BCUT2D eigenvalue weighted by atomic mass is 79.9. The summed E-state index contributed by atoms with van der Waals surface area (Å²) in [7, 11) is 1.61. The van der Waals surface area contributed by atoms with Gasteiger partial charge in [-0.1, -0.05) is 45.7 Å². The lowest BCUT2D eigenvalue weighted by molar-refractivity contribution is 0.184. The fourth-order valence-corrected chi connectivity index (χ4v) is 3.28. The van der Waals surface area contributed by atoms with Crippen molar-refractivity contribution in [1.82, 2.24) is 10.3 Å². The first-order valence-corrected chi connectivity index (χ1v) is 8.81. The summed E-state index contributed by atoms with van der Waals surface area (Å²) in [6.07, 6.45) is 0.733. The van der Waals surface area contributed by atoms with Gasteiger partial charge in [-0.05, 0) is 43.2 Å². The zero-order valence-electron chi connectivity index (χ0n) is 13.4. The highest BCUT2D eigenvalue weighted by Gasteiger charge is 2.26. The van der Waals surface area contributed by atoms with E-state index >= 15 is 0 Å². The third-order valence-electron chi connectivity index (χ3n) is 4.01. The number of hydrazone groups is 1. The minimum Gasteiger partial charge on any atom is -0.340 e. The maximum atomic E-state index is 12.3. The van der Waals surface area contributed by atoms with E-state index in [2.05, 4.69) is 32.4 Å². The van der Waals surface area contributed by atoms with Crippen molar-refractivity contribution in [1.29, 1.82) is 0 Å². The van der Waals surface area contributed by atoms with Crippen LogP contribution in [0.5, 0.6) is 0 Å². The zero-order chi connectivity index (χ0) is 17.3. The number of urea groups is 1. The van der Waals surface area contributed by atoms with E-state index in [-0.39, 0.29) is 12.1 Å². The molecule has 1 aliphatic rings. The number of hydrogen-bond acceptors (Lipinski definition) is 2. The minimum absolute atomic E-state index is 0.0466. The van der Waals surface area contributed by atoms with Crippen LogP contribution in [0.3, 0.4) is 0 Å². The molecular weight excluding hydrogens is 390 g/mol. The van der Waals surface area contributed by atoms with Gasteiger partial charge in [-0.25, -0.2) is 9.80 Å². The Morgan fingerprint density at radius 1 is 1.29 bits per heavy atom. The van der Waals surface area contributed by atoms with Crippen molar-refractivity contribution in [2.45, 2.75) is 19.4 Å². The van der Waals surface area contributed by atoms with Crippen molar-refractivity contribution in [2.24, 2.45) is 5.10 Å². The third kappa shape index (κ3) is 3.32. The van der Waals surface area contributed by atoms with E-state index in [0.29, 0.717) is 5.02 Å². The summed E-state index contributed by atoms with van der Waals surface area (Å²) in [6.45, 7) is 2.00. The molecule has 1 aliphatic heterocycles. The molecule has 2 amide bonds. The van der Waals surface area contributed by atoms with Crippen LogP contribution in [-0.2, 0) is 6.42 Å². The molecule has 0 saturated heterocycles. The topological polar surface area (TPSA) is 44.7 Å². The predicted octanol–water partition coefficient (Wildman–Crippen LogP) is 4.44. The Balaban J connectivity index is 2.20. The molecule has 6 heteroatoms. The van der Waals surface area contributed by atoms with Crippen molar-refractivity contribution in [3.05, 3.63) is 68.7 Å². The fourth-order valence-electron chi connectivity index (χ4n) is 2.79. The molecular formula is C18H17BrClN3O. The number of nitrogens with one attached hydrogen (secondary N) is 1. The summed E-state index contributed by atoms with van der Waals surface area (Å²) in [4.78, 5) is 12.3. The van der Waals surface area contributed by atoms with Crippen LogP contribution in [0.1, 0.15) is 23.6 Å². The molecule has 4 nitrogen and oxygen atoms in total. The summed E-state index contributed by atoms with van der Waals surface area (Å²) in [5, 5.41) is 9.52. The van der Waals surface area contributed by atoms with Crippen LogP contribution in [0.15, 0.2) is 52.0 Å². The largest absolute Gasteiger partial charge is 0.340 e. The monoisotopic (exact) mass is 405 g/mol. The molecule has 0 aliphatic carbocycles. The molecule has 124 valence electrons. The Morgan fingerprint density at radius 2 is 2.00 bits per heavy atom. The van der Waals surface area contributed by atoms with Crippen LogP contribution < -0.4 is 5.32 Å². The van der Waals surface area contributed by atoms with Gasteiger partial charge in [0, 0.05) is 27.7 Å². The molecule has 3 rings (SSSR count). The molecule has 0 spiro atoms. The van der Waals surface area contributed by atoms with E-state index in [1.165, 1.54) is 5.01 Å². The van der Waals surface area contributed by atoms with Crippen molar-refractivity contribution in [3.8, 4) is 0 Å². The molecule has 24 heavy (non-hydrogen) atoms. The number of carbonyl (C=O) groups is 1.